The molecule has 2 heterocycles. The molecule has 0 bridgehead atoms. The molecule has 2 unspecified atom stereocenters. The summed E-state index contributed by atoms with van der Waals surface area (Å²) < 4.78 is 55.0. The zero-order valence-corrected chi connectivity index (χ0v) is 22.3. The molecule has 3 N–H and O–H groups in total. The molecule has 3 amide bonds. The third-order valence-electron chi connectivity index (χ3n) is 7.35. The molecule has 1 aliphatic heterocycles. The van der Waals surface area contributed by atoms with E-state index in [0.717, 1.165) is 19.1 Å². The third-order valence-corrected chi connectivity index (χ3v) is 7.35. The van der Waals surface area contributed by atoms with E-state index < -0.39 is 78.6 Å². The highest BCUT2D eigenvalue weighted by molar-refractivity contribution is 6.17. The van der Waals surface area contributed by atoms with E-state index >= 15 is 0 Å². The number of carbonyl (C=O) groups excluding carboxylic acids is 4. The number of carboxylic acids is 1. The molecule has 3 aromatic rings. The number of amides is 3. The molecule has 11 nitrogen and oxygen atoms in total. The Morgan fingerprint density at radius 1 is 1.12 bits per heavy atom. The number of carbonyl (C=O) groups is 5. The number of rotatable bonds is 9. The topological polar surface area (TPSA) is 151 Å². The van der Waals surface area contributed by atoms with Crippen LogP contribution in [-0.4, -0.2) is 67.6 Å². The molecule has 0 saturated carbocycles. The van der Waals surface area contributed by atoms with Gasteiger partial charge in [0, 0.05) is 30.2 Å². The van der Waals surface area contributed by atoms with Crippen molar-refractivity contribution in [3.8, 4) is 11.1 Å². The van der Waals surface area contributed by atoms with Crippen LogP contribution in [0.25, 0.3) is 11.1 Å². The summed E-state index contributed by atoms with van der Waals surface area (Å²) in [4.78, 5) is 64.9. The molecular weight excluding hydrogens is 578 g/mol. The van der Waals surface area contributed by atoms with Crippen molar-refractivity contribution in [1.82, 2.24) is 25.3 Å². The number of fused-ring (bicyclic) bond motifs is 2. The Balaban J connectivity index is 1.48. The largest absolute Gasteiger partial charge is 0.480 e. The molecule has 2 aliphatic rings. The number of carboxylic acid groups (broad SMARTS) is 1. The fraction of sp³-hybridized carbons (Fsp3) is 0.286. The van der Waals surface area contributed by atoms with Crippen molar-refractivity contribution in [2.45, 2.75) is 50.2 Å². The van der Waals surface area contributed by atoms with Gasteiger partial charge >= 0.3 is 18.2 Å². The van der Waals surface area contributed by atoms with Crippen molar-refractivity contribution in [1.29, 1.82) is 0 Å². The van der Waals surface area contributed by atoms with Crippen LogP contribution in [0.15, 0.2) is 54.9 Å². The van der Waals surface area contributed by atoms with Crippen molar-refractivity contribution in [3.05, 3.63) is 77.4 Å². The van der Waals surface area contributed by atoms with E-state index in [4.69, 9.17) is 5.11 Å². The summed E-state index contributed by atoms with van der Waals surface area (Å²) in [6.45, 7) is 0.326. The molecule has 43 heavy (non-hydrogen) atoms. The van der Waals surface area contributed by atoms with Crippen molar-refractivity contribution >= 4 is 29.5 Å². The van der Waals surface area contributed by atoms with Crippen LogP contribution >= 0.6 is 0 Å². The van der Waals surface area contributed by atoms with Crippen LogP contribution in [0.3, 0.4) is 0 Å². The van der Waals surface area contributed by atoms with E-state index in [9.17, 15) is 41.5 Å². The van der Waals surface area contributed by atoms with E-state index in [1.54, 1.807) is 0 Å². The number of Topliss-reactive ketones (excluding diaryl/α,β-unsaturated/α-hetero) is 2. The maximum Gasteiger partial charge on any atom is 0.403 e. The number of nitrogens with one attached hydrogen (secondary N) is 2. The summed E-state index contributed by atoms with van der Waals surface area (Å²) >= 11 is 0. The van der Waals surface area contributed by atoms with Crippen molar-refractivity contribution in [3.63, 3.8) is 0 Å². The van der Waals surface area contributed by atoms with Crippen LogP contribution in [-0.2, 0) is 32.9 Å². The first-order chi connectivity index (χ1) is 20.2. The number of benzene rings is 2. The third kappa shape index (κ3) is 5.50. The van der Waals surface area contributed by atoms with E-state index in [2.05, 4.69) is 10.4 Å². The number of aromatic nitrogens is 2. The van der Waals surface area contributed by atoms with Gasteiger partial charge in [0.05, 0.1) is 6.20 Å². The minimum atomic E-state index is -4.84. The molecule has 224 valence electrons. The van der Waals surface area contributed by atoms with Crippen LogP contribution in [0.1, 0.15) is 34.8 Å². The summed E-state index contributed by atoms with van der Waals surface area (Å²) in [6, 6.07) is 5.49. The summed E-state index contributed by atoms with van der Waals surface area (Å²) in [5.41, 5.74) is -0.647. The smallest absolute Gasteiger partial charge is 0.403 e. The quantitative estimate of drug-likeness (QED) is 0.250. The lowest BCUT2D eigenvalue weighted by molar-refractivity contribution is -0.160. The number of hydrogen-bond acceptors (Lipinski definition) is 7. The minimum Gasteiger partial charge on any atom is -0.480 e. The fourth-order valence-corrected chi connectivity index (χ4v) is 5.17. The summed E-state index contributed by atoms with van der Waals surface area (Å²) in [5.74, 6) is -4.33. The molecule has 1 fully saturated rings. The second-order valence-corrected chi connectivity index (χ2v) is 10.3. The highest BCUT2D eigenvalue weighted by Crippen LogP contribution is 2.43. The number of nitrogens with zero attached hydrogens (tertiary/aromatic N) is 3. The molecule has 1 aliphatic carbocycles. The number of halogens is 4. The zero-order valence-electron chi connectivity index (χ0n) is 22.3. The Morgan fingerprint density at radius 3 is 2.47 bits per heavy atom. The van der Waals surface area contributed by atoms with Crippen LogP contribution in [0.2, 0.25) is 0 Å². The number of hydrogen-bond donors (Lipinski definition) is 3. The van der Waals surface area contributed by atoms with Crippen LogP contribution < -0.4 is 10.6 Å². The Kier molecular flexibility index (Phi) is 7.38. The molecule has 1 spiro atoms. The van der Waals surface area contributed by atoms with Gasteiger partial charge in [0.15, 0.2) is 23.3 Å². The maximum absolute atomic E-state index is 13.9. The fourth-order valence-electron chi connectivity index (χ4n) is 5.17. The van der Waals surface area contributed by atoms with E-state index in [1.807, 2.05) is 5.32 Å². The van der Waals surface area contributed by atoms with Gasteiger partial charge in [-0.3, -0.25) is 29.2 Å². The van der Waals surface area contributed by atoms with Gasteiger partial charge in [0.2, 0.25) is 0 Å². The highest BCUT2D eigenvalue weighted by Gasteiger charge is 2.60. The predicted octanol–water partition coefficient (Wildman–Crippen LogP) is 2.79. The Morgan fingerprint density at radius 2 is 1.81 bits per heavy atom. The molecule has 2 aromatic carbocycles. The van der Waals surface area contributed by atoms with Crippen LogP contribution in [0.5, 0.6) is 0 Å². The number of ketones is 2. The lowest BCUT2D eigenvalue weighted by Gasteiger charge is -2.30. The number of urea groups is 1. The number of alkyl halides is 3. The van der Waals surface area contributed by atoms with Crippen LogP contribution in [0, 0.1) is 5.82 Å². The monoisotopic (exact) mass is 601 g/mol. The van der Waals surface area contributed by atoms with Gasteiger partial charge in [-0.05, 0) is 41.8 Å². The second-order valence-electron chi connectivity index (χ2n) is 10.3. The lowest BCUT2D eigenvalue weighted by Crippen LogP contribution is -2.59. The van der Waals surface area contributed by atoms with Gasteiger partial charge in [-0.25, -0.2) is 14.1 Å². The minimum absolute atomic E-state index is 0.0600. The van der Waals surface area contributed by atoms with Gasteiger partial charge in [-0.2, -0.15) is 18.3 Å². The summed E-state index contributed by atoms with van der Waals surface area (Å²) in [7, 11) is 0. The molecule has 1 aromatic heterocycles. The summed E-state index contributed by atoms with van der Waals surface area (Å²) in [5, 5.41) is 17.4. The van der Waals surface area contributed by atoms with Gasteiger partial charge < -0.3 is 10.4 Å². The van der Waals surface area contributed by atoms with E-state index in [1.165, 1.54) is 47.4 Å². The van der Waals surface area contributed by atoms with Crippen molar-refractivity contribution < 1.29 is 46.6 Å². The molecule has 15 heteroatoms. The van der Waals surface area contributed by atoms with E-state index in [0.29, 0.717) is 16.0 Å². The first-order valence-corrected chi connectivity index (χ1v) is 12.9. The molecule has 1 saturated heterocycles. The first kappa shape index (κ1) is 29.6. The average molecular weight is 602 g/mol. The SMILES string of the molecule is C[C@H](NC(C(=O)Cc1ccc(F)cc1)N1C(=O)NC2(CC(=O)c3cc(-c4cnn(CC(=O)O)c4)ccc32)C1=O)C(F)(F)F. The van der Waals surface area contributed by atoms with Gasteiger partial charge in [-0.1, -0.05) is 24.3 Å². The highest BCUT2D eigenvalue weighted by atomic mass is 19.4. The Hall–Kier alpha value is -4.92. The van der Waals surface area contributed by atoms with E-state index in [-0.39, 0.29) is 16.7 Å². The van der Waals surface area contributed by atoms with Crippen LogP contribution in [0.4, 0.5) is 22.4 Å². The second kappa shape index (κ2) is 10.7. The standard InChI is InChI=1S/C28H23F4N5O6/c1-14(28(30,31)32)34-24(21(38)8-15-2-5-18(29)6-3-15)37-25(42)27(35-26(37)43)10-22(39)19-9-16(4-7-20(19)27)17-11-33-36(12-17)13-23(40)41/h2-7,9,11-12,14,24,34H,8,10,13H2,1H3,(H,35,43)(H,40,41)/t14-,24?,27?/m0/s1. The number of imide groups is 1. The Labute approximate surface area is 240 Å². The van der Waals surface area contributed by atoms with Gasteiger partial charge in [0.1, 0.15) is 18.4 Å². The molecular formula is C28H23F4N5O6. The predicted molar refractivity (Wildman–Crippen MR) is 139 cm³/mol. The van der Waals surface area contributed by atoms with Crippen molar-refractivity contribution in [2.24, 2.45) is 0 Å². The average Bonchev–Trinajstić information content (AvgIpc) is 3.57. The maximum atomic E-state index is 13.9. The number of aliphatic carboxylic acids is 1. The normalized spacial score (nSPS) is 19.5. The van der Waals surface area contributed by atoms with Gasteiger partial charge in [-0.15, -0.1) is 0 Å². The molecule has 5 rings (SSSR count). The first-order valence-electron chi connectivity index (χ1n) is 12.9. The molecule has 3 atom stereocenters. The molecule has 0 radical (unpaired) electrons. The Bertz CT molecular complexity index is 1650. The zero-order chi connectivity index (χ0) is 31.3. The van der Waals surface area contributed by atoms with Crippen molar-refractivity contribution in [2.75, 3.05) is 0 Å². The van der Waals surface area contributed by atoms with Gasteiger partial charge in [0.25, 0.3) is 5.91 Å². The summed E-state index contributed by atoms with van der Waals surface area (Å²) in [6.07, 6.45) is -5.14. The lowest BCUT2D eigenvalue weighted by atomic mass is 9.90.